The van der Waals surface area contributed by atoms with Crippen LogP contribution in [0, 0.1) is 11.8 Å². The number of hydrogen-bond donors (Lipinski definition) is 1. The van der Waals surface area contributed by atoms with Crippen LogP contribution in [0.15, 0.2) is 0 Å². The van der Waals surface area contributed by atoms with Gasteiger partial charge >= 0.3 is 0 Å². The van der Waals surface area contributed by atoms with Gasteiger partial charge in [-0.05, 0) is 63.8 Å². The molecule has 0 saturated carbocycles. The molecule has 2 aliphatic rings. The first kappa shape index (κ1) is 15.3. The fourth-order valence-electron chi connectivity index (χ4n) is 3.71. The molecule has 0 bridgehead atoms. The Labute approximate surface area is 119 Å². The van der Waals surface area contributed by atoms with Crippen LogP contribution in [-0.4, -0.2) is 61.7 Å². The maximum atomic E-state index is 3.62. The molecular formula is C16H33N3. The predicted octanol–water partition coefficient (Wildman–Crippen LogP) is 2.04. The highest BCUT2D eigenvalue weighted by Crippen LogP contribution is 2.25. The zero-order valence-electron chi connectivity index (χ0n) is 13.2. The molecule has 112 valence electrons. The second-order valence-corrected chi connectivity index (χ2v) is 6.52. The quantitative estimate of drug-likeness (QED) is 0.822. The summed E-state index contributed by atoms with van der Waals surface area (Å²) in [5.41, 5.74) is 0. The zero-order valence-corrected chi connectivity index (χ0v) is 13.2. The molecule has 19 heavy (non-hydrogen) atoms. The molecule has 2 aliphatic heterocycles. The molecule has 2 heterocycles. The number of likely N-dealkylation sites (tertiary alicyclic amines) is 1. The maximum Gasteiger partial charge on any atom is 0.0261 e. The van der Waals surface area contributed by atoms with Crippen LogP contribution in [0.1, 0.15) is 40.0 Å². The van der Waals surface area contributed by atoms with Crippen molar-refractivity contribution in [1.82, 2.24) is 15.1 Å². The SMILES string of the molecule is CCN(CC)CC1CCNCC1N1CCC(C)CC1. The van der Waals surface area contributed by atoms with E-state index in [-0.39, 0.29) is 0 Å². The average Bonchev–Trinajstić information content (AvgIpc) is 2.46. The Morgan fingerprint density at radius 1 is 1.11 bits per heavy atom. The highest BCUT2D eigenvalue weighted by atomic mass is 15.2. The minimum absolute atomic E-state index is 0.779. The molecule has 2 rings (SSSR count). The second-order valence-electron chi connectivity index (χ2n) is 6.52. The molecule has 0 aromatic rings. The standard InChI is InChI=1S/C16H33N3/c1-4-18(5-2)13-15-6-9-17-12-16(15)19-10-7-14(3)8-11-19/h14-17H,4-13H2,1-3H3. The molecule has 3 nitrogen and oxygen atoms in total. The lowest BCUT2D eigenvalue weighted by Gasteiger charge is -2.44. The Morgan fingerprint density at radius 2 is 1.79 bits per heavy atom. The topological polar surface area (TPSA) is 18.5 Å². The Bertz CT molecular complexity index is 244. The molecule has 0 aromatic carbocycles. The van der Waals surface area contributed by atoms with Gasteiger partial charge in [-0.2, -0.15) is 0 Å². The number of hydrogen-bond acceptors (Lipinski definition) is 3. The molecule has 0 aromatic heterocycles. The van der Waals surface area contributed by atoms with Crippen molar-refractivity contribution in [1.29, 1.82) is 0 Å². The molecule has 2 unspecified atom stereocenters. The van der Waals surface area contributed by atoms with E-state index in [0.29, 0.717) is 0 Å². The van der Waals surface area contributed by atoms with Gasteiger partial charge in [0.15, 0.2) is 0 Å². The molecular weight excluding hydrogens is 234 g/mol. The fourth-order valence-corrected chi connectivity index (χ4v) is 3.71. The summed E-state index contributed by atoms with van der Waals surface area (Å²) in [7, 11) is 0. The van der Waals surface area contributed by atoms with Crippen LogP contribution in [0.3, 0.4) is 0 Å². The van der Waals surface area contributed by atoms with Gasteiger partial charge in [-0.25, -0.2) is 0 Å². The Hall–Kier alpha value is -0.120. The van der Waals surface area contributed by atoms with Gasteiger partial charge in [-0.3, -0.25) is 4.90 Å². The summed E-state index contributed by atoms with van der Waals surface area (Å²) in [6.45, 7) is 15.8. The third kappa shape index (κ3) is 4.17. The molecule has 2 atom stereocenters. The first-order valence-electron chi connectivity index (χ1n) is 8.41. The third-order valence-electron chi connectivity index (χ3n) is 5.26. The normalized spacial score (nSPS) is 30.9. The molecule has 0 aliphatic carbocycles. The van der Waals surface area contributed by atoms with Crippen molar-refractivity contribution in [2.45, 2.75) is 46.1 Å². The van der Waals surface area contributed by atoms with Crippen LogP contribution in [0.25, 0.3) is 0 Å². The predicted molar refractivity (Wildman–Crippen MR) is 82.5 cm³/mol. The minimum Gasteiger partial charge on any atom is -0.315 e. The van der Waals surface area contributed by atoms with Gasteiger partial charge in [0.2, 0.25) is 0 Å². The Kier molecular flexibility index (Phi) is 6.11. The second kappa shape index (κ2) is 7.61. The lowest BCUT2D eigenvalue weighted by molar-refractivity contribution is 0.0626. The van der Waals surface area contributed by atoms with Crippen molar-refractivity contribution in [3.8, 4) is 0 Å². The summed E-state index contributed by atoms with van der Waals surface area (Å²) in [5, 5.41) is 3.62. The number of rotatable bonds is 5. The van der Waals surface area contributed by atoms with E-state index in [1.54, 1.807) is 0 Å². The van der Waals surface area contributed by atoms with Crippen LogP contribution < -0.4 is 5.32 Å². The molecule has 0 radical (unpaired) electrons. The number of piperidine rings is 2. The van der Waals surface area contributed by atoms with E-state index in [1.807, 2.05) is 0 Å². The van der Waals surface area contributed by atoms with Crippen LogP contribution in [0.5, 0.6) is 0 Å². The van der Waals surface area contributed by atoms with E-state index in [2.05, 4.69) is 35.9 Å². The summed E-state index contributed by atoms with van der Waals surface area (Å²) in [6, 6.07) is 0.779. The maximum absolute atomic E-state index is 3.62. The van der Waals surface area contributed by atoms with Gasteiger partial charge in [0.25, 0.3) is 0 Å². The highest BCUT2D eigenvalue weighted by Gasteiger charge is 2.32. The van der Waals surface area contributed by atoms with E-state index < -0.39 is 0 Å². The Morgan fingerprint density at radius 3 is 2.42 bits per heavy atom. The largest absolute Gasteiger partial charge is 0.315 e. The minimum atomic E-state index is 0.779. The molecule has 0 spiro atoms. The monoisotopic (exact) mass is 267 g/mol. The third-order valence-corrected chi connectivity index (χ3v) is 5.26. The van der Waals surface area contributed by atoms with Crippen molar-refractivity contribution in [3.63, 3.8) is 0 Å². The lowest BCUT2D eigenvalue weighted by atomic mass is 9.88. The van der Waals surface area contributed by atoms with E-state index >= 15 is 0 Å². The number of nitrogens with one attached hydrogen (secondary N) is 1. The van der Waals surface area contributed by atoms with E-state index in [1.165, 1.54) is 65.1 Å². The summed E-state index contributed by atoms with van der Waals surface area (Å²) in [4.78, 5) is 5.38. The van der Waals surface area contributed by atoms with E-state index in [0.717, 1.165) is 17.9 Å². The van der Waals surface area contributed by atoms with Crippen molar-refractivity contribution < 1.29 is 0 Å². The molecule has 0 amide bonds. The van der Waals surface area contributed by atoms with E-state index in [4.69, 9.17) is 0 Å². The summed E-state index contributed by atoms with van der Waals surface area (Å²) in [6.07, 6.45) is 4.15. The van der Waals surface area contributed by atoms with Crippen molar-refractivity contribution in [2.75, 3.05) is 45.8 Å². The van der Waals surface area contributed by atoms with E-state index in [9.17, 15) is 0 Å². The van der Waals surface area contributed by atoms with Crippen molar-refractivity contribution >= 4 is 0 Å². The molecule has 3 heteroatoms. The number of nitrogens with zero attached hydrogens (tertiary/aromatic N) is 2. The Balaban J connectivity index is 1.91. The van der Waals surface area contributed by atoms with Gasteiger partial charge in [0.1, 0.15) is 0 Å². The van der Waals surface area contributed by atoms with Gasteiger partial charge in [0.05, 0.1) is 0 Å². The van der Waals surface area contributed by atoms with Crippen molar-refractivity contribution in [3.05, 3.63) is 0 Å². The van der Waals surface area contributed by atoms with Crippen LogP contribution >= 0.6 is 0 Å². The average molecular weight is 267 g/mol. The summed E-state index contributed by atoms with van der Waals surface area (Å²) < 4.78 is 0. The summed E-state index contributed by atoms with van der Waals surface area (Å²) in [5.74, 6) is 1.81. The molecule has 2 fully saturated rings. The van der Waals surface area contributed by atoms with Crippen LogP contribution in [-0.2, 0) is 0 Å². The van der Waals surface area contributed by atoms with Gasteiger partial charge in [0, 0.05) is 19.1 Å². The lowest BCUT2D eigenvalue weighted by Crippen LogP contribution is -2.55. The van der Waals surface area contributed by atoms with Gasteiger partial charge < -0.3 is 10.2 Å². The smallest absolute Gasteiger partial charge is 0.0261 e. The molecule has 1 N–H and O–H groups in total. The van der Waals surface area contributed by atoms with Gasteiger partial charge in [-0.15, -0.1) is 0 Å². The van der Waals surface area contributed by atoms with Crippen molar-refractivity contribution in [2.24, 2.45) is 11.8 Å². The molecule has 2 saturated heterocycles. The first-order valence-corrected chi connectivity index (χ1v) is 8.41. The first-order chi connectivity index (χ1) is 9.24. The van der Waals surface area contributed by atoms with Gasteiger partial charge in [-0.1, -0.05) is 20.8 Å². The van der Waals surface area contributed by atoms with Crippen LogP contribution in [0.4, 0.5) is 0 Å². The summed E-state index contributed by atoms with van der Waals surface area (Å²) >= 11 is 0. The highest BCUT2D eigenvalue weighted by molar-refractivity contribution is 4.89. The fraction of sp³-hybridized carbons (Fsp3) is 1.00. The zero-order chi connectivity index (χ0) is 13.7. The van der Waals surface area contributed by atoms with Crippen LogP contribution in [0.2, 0.25) is 0 Å².